The van der Waals surface area contributed by atoms with Crippen LogP contribution in [0.3, 0.4) is 0 Å². The summed E-state index contributed by atoms with van der Waals surface area (Å²) in [5.41, 5.74) is 0.155. The summed E-state index contributed by atoms with van der Waals surface area (Å²) >= 11 is 1.61. The van der Waals surface area contributed by atoms with Crippen LogP contribution in [0, 0.1) is 5.41 Å². The predicted molar refractivity (Wildman–Crippen MR) is 111 cm³/mol. The number of carbonyl (C=O) groups is 1. The molecule has 1 aliphatic rings. The van der Waals surface area contributed by atoms with Gasteiger partial charge in [0.15, 0.2) is 0 Å². The minimum Gasteiger partial charge on any atom is -0.465 e. The first kappa shape index (κ1) is 22.1. The fourth-order valence-corrected chi connectivity index (χ4v) is 3.93. The summed E-state index contributed by atoms with van der Waals surface area (Å²) in [6.07, 6.45) is 26.4. The highest BCUT2D eigenvalue weighted by Gasteiger charge is 2.21. The Balaban J connectivity index is 2.21. The van der Waals surface area contributed by atoms with E-state index < -0.39 is 0 Å². The average Bonchev–Trinajstić information content (AvgIpc) is 2.63. The van der Waals surface area contributed by atoms with Gasteiger partial charge in [0.05, 0.1) is 6.61 Å². The molecule has 0 bridgehead atoms. The van der Waals surface area contributed by atoms with Crippen molar-refractivity contribution in [3.63, 3.8) is 0 Å². The lowest BCUT2D eigenvalue weighted by Gasteiger charge is -2.26. The first-order chi connectivity index (χ1) is 12.2. The molecule has 1 atom stereocenters. The zero-order chi connectivity index (χ0) is 18.4. The van der Waals surface area contributed by atoms with Gasteiger partial charge in [-0.2, -0.15) is 11.8 Å². The van der Waals surface area contributed by atoms with E-state index in [1.807, 2.05) is 13.2 Å². The Bertz CT molecular complexity index is 439. The topological polar surface area (TPSA) is 26.3 Å². The number of thioether (sulfide) groups is 1. The number of allylic oxidation sites excluding steroid dienone is 6. The molecule has 0 amide bonds. The van der Waals surface area contributed by atoms with E-state index in [4.69, 9.17) is 4.74 Å². The zero-order valence-electron chi connectivity index (χ0n) is 16.3. The first-order valence-electron chi connectivity index (χ1n) is 9.90. The molecule has 1 rings (SSSR count). The Morgan fingerprint density at radius 3 is 2.48 bits per heavy atom. The number of hydrogen-bond donors (Lipinski definition) is 0. The Labute approximate surface area is 159 Å². The summed E-state index contributed by atoms with van der Waals surface area (Å²) in [6, 6.07) is 0. The molecule has 0 radical (unpaired) electrons. The van der Waals surface area contributed by atoms with Crippen molar-refractivity contribution in [2.75, 3.05) is 12.9 Å². The summed E-state index contributed by atoms with van der Waals surface area (Å²) < 4.78 is 5.12. The largest absolute Gasteiger partial charge is 0.465 e. The number of esters is 1. The molecule has 3 heteroatoms. The van der Waals surface area contributed by atoms with Gasteiger partial charge in [0.1, 0.15) is 5.25 Å². The molecule has 0 fully saturated rings. The van der Waals surface area contributed by atoms with Crippen molar-refractivity contribution in [2.24, 2.45) is 5.41 Å². The second kappa shape index (κ2) is 13.3. The van der Waals surface area contributed by atoms with Crippen molar-refractivity contribution in [2.45, 2.75) is 76.9 Å². The minimum atomic E-state index is -0.0458. The molecule has 0 saturated carbocycles. The van der Waals surface area contributed by atoms with Crippen molar-refractivity contribution in [3.05, 3.63) is 36.5 Å². The second-order valence-corrected chi connectivity index (χ2v) is 7.79. The molecular weight excluding hydrogens is 328 g/mol. The van der Waals surface area contributed by atoms with E-state index in [0.29, 0.717) is 6.61 Å². The number of unbranched alkanes of at least 4 members (excludes halogenated alkanes) is 4. The van der Waals surface area contributed by atoms with Gasteiger partial charge in [-0.05, 0) is 38.9 Å². The lowest BCUT2D eigenvalue weighted by molar-refractivity contribution is -0.142. The lowest BCUT2D eigenvalue weighted by Crippen LogP contribution is -2.19. The van der Waals surface area contributed by atoms with Crippen LogP contribution < -0.4 is 0 Å². The fraction of sp³-hybridized carbons (Fsp3) is 0.682. The zero-order valence-corrected chi connectivity index (χ0v) is 17.2. The average molecular weight is 365 g/mol. The van der Waals surface area contributed by atoms with E-state index in [0.717, 1.165) is 25.7 Å². The normalized spacial score (nSPS) is 17.1. The maximum Gasteiger partial charge on any atom is 0.319 e. The summed E-state index contributed by atoms with van der Waals surface area (Å²) in [5, 5.41) is 0.0138. The number of carbonyl (C=O) groups excluding carboxylic acids is 1. The Hall–Kier alpha value is -0.960. The van der Waals surface area contributed by atoms with E-state index in [1.54, 1.807) is 11.8 Å². The maximum atomic E-state index is 11.8. The maximum absolute atomic E-state index is 11.8. The van der Waals surface area contributed by atoms with Gasteiger partial charge in [-0.3, -0.25) is 4.79 Å². The SMILES string of the molecule is CC/C=C\C1(CCCCCCCC(SC)C(=O)OCC)C=CCC=C1. The van der Waals surface area contributed by atoms with Crippen molar-refractivity contribution >= 4 is 17.7 Å². The van der Waals surface area contributed by atoms with E-state index >= 15 is 0 Å². The van der Waals surface area contributed by atoms with Crippen LogP contribution in [-0.2, 0) is 9.53 Å². The Morgan fingerprint density at radius 2 is 1.84 bits per heavy atom. The van der Waals surface area contributed by atoms with Gasteiger partial charge >= 0.3 is 5.97 Å². The predicted octanol–water partition coefficient (Wildman–Crippen LogP) is 6.48. The van der Waals surface area contributed by atoms with Gasteiger partial charge in [-0.1, -0.05) is 75.5 Å². The third-order valence-corrected chi connectivity index (χ3v) is 5.70. The van der Waals surface area contributed by atoms with Crippen LogP contribution in [0.25, 0.3) is 0 Å². The Kier molecular flexibility index (Phi) is 11.7. The number of ether oxygens (including phenoxy) is 1. The third-order valence-electron chi connectivity index (χ3n) is 4.70. The van der Waals surface area contributed by atoms with Crippen LogP contribution in [0.15, 0.2) is 36.5 Å². The van der Waals surface area contributed by atoms with Crippen LogP contribution in [0.2, 0.25) is 0 Å². The number of hydrogen-bond acceptors (Lipinski definition) is 3. The lowest BCUT2D eigenvalue weighted by atomic mass is 9.79. The highest BCUT2D eigenvalue weighted by Crippen LogP contribution is 2.33. The van der Waals surface area contributed by atoms with Crippen molar-refractivity contribution < 1.29 is 9.53 Å². The second-order valence-electron chi connectivity index (χ2n) is 6.75. The van der Waals surface area contributed by atoms with Crippen molar-refractivity contribution in [1.29, 1.82) is 0 Å². The van der Waals surface area contributed by atoms with Crippen molar-refractivity contribution in [3.8, 4) is 0 Å². The fourth-order valence-electron chi connectivity index (χ4n) is 3.27. The molecule has 0 spiro atoms. The van der Waals surface area contributed by atoms with Crippen LogP contribution in [0.4, 0.5) is 0 Å². The molecule has 0 aromatic rings. The quantitative estimate of drug-likeness (QED) is 0.212. The molecule has 0 aromatic heterocycles. The monoisotopic (exact) mass is 364 g/mol. The Morgan fingerprint density at radius 1 is 1.16 bits per heavy atom. The van der Waals surface area contributed by atoms with Gasteiger partial charge in [0.2, 0.25) is 0 Å². The van der Waals surface area contributed by atoms with E-state index in [-0.39, 0.29) is 16.6 Å². The molecule has 1 unspecified atom stereocenters. The smallest absolute Gasteiger partial charge is 0.319 e. The van der Waals surface area contributed by atoms with Gasteiger partial charge in [-0.25, -0.2) is 0 Å². The molecule has 0 heterocycles. The molecule has 0 saturated heterocycles. The van der Waals surface area contributed by atoms with Crippen LogP contribution in [0.1, 0.15) is 71.6 Å². The molecule has 142 valence electrons. The molecule has 0 aliphatic heterocycles. The number of rotatable bonds is 13. The van der Waals surface area contributed by atoms with Crippen LogP contribution in [0.5, 0.6) is 0 Å². The van der Waals surface area contributed by atoms with Crippen molar-refractivity contribution in [1.82, 2.24) is 0 Å². The third kappa shape index (κ3) is 8.80. The molecule has 1 aliphatic carbocycles. The summed E-state index contributed by atoms with van der Waals surface area (Å²) in [6.45, 7) is 4.54. The van der Waals surface area contributed by atoms with E-state index in [2.05, 4.69) is 43.4 Å². The minimum absolute atomic E-state index is 0.0138. The first-order valence-corrected chi connectivity index (χ1v) is 11.2. The van der Waals surface area contributed by atoms with Gasteiger partial charge in [0.25, 0.3) is 0 Å². The van der Waals surface area contributed by atoms with E-state index in [9.17, 15) is 4.79 Å². The highest BCUT2D eigenvalue weighted by molar-refractivity contribution is 7.99. The summed E-state index contributed by atoms with van der Waals surface area (Å²) in [7, 11) is 0. The summed E-state index contributed by atoms with van der Waals surface area (Å²) in [4.78, 5) is 11.8. The van der Waals surface area contributed by atoms with Crippen LogP contribution >= 0.6 is 11.8 Å². The molecule has 2 nitrogen and oxygen atoms in total. The molecule has 0 N–H and O–H groups in total. The van der Waals surface area contributed by atoms with Gasteiger partial charge in [-0.15, -0.1) is 0 Å². The van der Waals surface area contributed by atoms with Crippen LogP contribution in [-0.4, -0.2) is 24.1 Å². The summed E-state index contributed by atoms with van der Waals surface area (Å²) in [5.74, 6) is -0.0458. The van der Waals surface area contributed by atoms with Gasteiger partial charge in [0, 0.05) is 5.41 Å². The molecule has 0 aromatic carbocycles. The standard InChI is InChI=1S/C22H36O2S/c1-4-6-16-22(18-13-10-14-19-22)17-12-9-7-8-11-15-20(25-3)21(23)24-5-2/h6,13-14,16,18-20H,4-5,7-12,15,17H2,1-3H3/b16-6-. The highest BCUT2D eigenvalue weighted by atomic mass is 32.2. The van der Waals surface area contributed by atoms with E-state index in [1.165, 1.54) is 32.1 Å². The van der Waals surface area contributed by atoms with Gasteiger partial charge < -0.3 is 4.74 Å². The molecular formula is C22H36O2S. The molecule has 25 heavy (non-hydrogen) atoms.